The Morgan fingerprint density at radius 1 is 1.39 bits per heavy atom. The summed E-state index contributed by atoms with van der Waals surface area (Å²) in [7, 11) is 0. The van der Waals surface area contributed by atoms with Crippen molar-refractivity contribution in [2.45, 2.75) is 31.7 Å². The first kappa shape index (κ1) is 16.1. The van der Waals surface area contributed by atoms with Crippen LogP contribution in [0.1, 0.15) is 25.7 Å². The maximum Gasteiger partial charge on any atom is 0.315 e. The first-order valence-corrected chi connectivity index (χ1v) is 8.27. The Bertz CT molecular complexity index is 563. The molecule has 1 aliphatic carbocycles. The van der Waals surface area contributed by atoms with Crippen molar-refractivity contribution in [1.82, 2.24) is 10.6 Å². The van der Waals surface area contributed by atoms with Gasteiger partial charge in [0.05, 0.1) is 12.3 Å². The number of aliphatic hydroxyl groups excluding tert-OH is 1. The van der Waals surface area contributed by atoms with Crippen LogP contribution in [0.5, 0.6) is 0 Å². The van der Waals surface area contributed by atoms with E-state index >= 15 is 0 Å². The summed E-state index contributed by atoms with van der Waals surface area (Å²) >= 11 is 0. The molecule has 1 unspecified atom stereocenters. The summed E-state index contributed by atoms with van der Waals surface area (Å²) in [6, 6.07) is 6.55. The molecule has 0 spiro atoms. The highest BCUT2D eigenvalue weighted by molar-refractivity contribution is 5.74. The van der Waals surface area contributed by atoms with Crippen LogP contribution in [0.15, 0.2) is 24.3 Å². The lowest BCUT2D eigenvalue weighted by molar-refractivity contribution is 0.201. The molecule has 2 amide bonds. The minimum atomic E-state index is -0.226. The molecule has 5 nitrogen and oxygen atoms in total. The number of carbonyl (C=O) groups is 1. The van der Waals surface area contributed by atoms with Gasteiger partial charge in [-0.2, -0.15) is 0 Å². The zero-order chi connectivity index (χ0) is 16.3. The second-order valence-corrected chi connectivity index (χ2v) is 6.72. The number of rotatable bonds is 5. The number of halogens is 1. The first-order valence-electron chi connectivity index (χ1n) is 8.27. The van der Waals surface area contributed by atoms with Crippen molar-refractivity contribution in [2.75, 3.05) is 31.1 Å². The normalized spacial score (nSPS) is 22.5. The van der Waals surface area contributed by atoms with Gasteiger partial charge in [-0.05, 0) is 37.8 Å². The van der Waals surface area contributed by atoms with Crippen molar-refractivity contribution < 1.29 is 14.3 Å². The molecule has 2 aliphatic rings. The molecule has 3 N–H and O–H groups in total. The average Bonchev–Trinajstić information content (AvgIpc) is 3.34. The van der Waals surface area contributed by atoms with E-state index in [1.807, 2.05) is 11.0 Å². The number of aliphatic hydroxyl groups is 1. The number of hydrogen-bond acceptors (Lipinski definition) is 3. The lowest BCUT2D eigenvalue weighted by Gasteiger charge is -2.35. The summed E-state index contributed by atoms with van der Waals surface area (Å²) in [6.07, 6.45) is 3.74. The highest BCUT2D eigenvalue weighted by atomic mass is 19.1. The maximum absolute atomic E-state index is 13.9. The Hall–Kier alpha value is -1.82. The van der Waals surface area contributed by atoms with Crippen LogP contribution in [-0.4, -0.2) is 43.4 Å². The average molecular weight is 321 g/mol. The summed E-state index contributed by atoms with van der Waals surface area (Å²) in [6.45, 7) is 2.05. The van der Waals surface area contributed by atoms with Crippen LogP contribution in [0.25, 0.3) is 0 Å². The van der Waals surface area contributed by atoms with Crippen LogP contribution in [0.2, 0.25) is 0 Å². The van der Waals surface area contributed by atoms with Gasteiger partial charge in [-0.25, -0.2) is 9.18 Å². The van der Waals surface area contributed by atoms with Crippen molar-refractivity contribution in [3.8, 4) is 0 Å². The van der Waals surface area contributed by atoms with E-state index in [0.717, 1.165) is 32.2 Å². The fourth-order valence-electron chi connectivity index (χ4n) is 3.09. The van der Waals surface area contributed by atoms with Gasteiger partial charge < -0.3 is 20.6 Å². The van der Waals surface area contributed by atoms with Crippen molar-refractivity contribution >= 4 is 11.7 Å². The lowest BCUT2D eigenvalue weighted by atomic mass is 10.0. The van der Waals surface area contributed by atoms with E-state index in [4.69, 9.17) is 0 Å². The smallest absolute Gasteiger partial charge is 0.315 e. The van der Waals surface area contributed by atoms with Gasteiger partial charge in [0.1, 0.15) is 5.82 Å². The highest BCUT2D eigenvalue weighted by Gasteiger charge is 2.42. The van der Waals surface area contributed by atoms with Crippen LogP contribution in [0.3, 0.4) is 0 Å². The molecule has 0 radical (unpaired) electrons. The molecule has 1 heterocycles. The maximum atomic E-state index is 13.9. The van der Waals surface area contributed by atoms with Gasteiger partial charge >= 0.3 is 6.03 Å². The summed E-state index contributed by atoms with van der Waals surface area (Å²) in [5, 5.41) is 15.1. The third kappa shape index (κ3) is 3.93. The third-order valence-electron chi connectivity index (χ3n) is 4.87. The van der Waals surface area contributed by atoms with E-state index in [1.54, 1.807) is 12.1 Å². The van der Waals surface area contributed by atoms with E-state index in [-0.39, 0.29) is 29.9 Å². The Morgan fingerprint density at radius 2 is 2.17 bits per heavy atom. The molecular weight excluding hydrogens is 297 g/mol. The van der Waals surface area contributed by atoms with Crippen LogP contribution in [0.4, 0.5) is 14.9 Å². The molecule has 1 saturated heterocycles. The van der Waals surface area contributed by atoms with Gasteiger partial charge in [0.15, 0.2) is 0 Å². The SMILES string of the molecule is O=C(NCC1(CO)CC1)NC1CCCN(c2ccccc2F)C1. The number of nitrogens with zero attached hydrogens (tertiary/aromatic N) is 1. The quantitative estimate of drug-likeness (QED) is 0.776. The number of hydrogen-bond donors (Lipinski definition) is 3. The number of carbonyl (C=O) groups excluding carboxylic acids is 1. The summed E-state index contributed by atoms with van der Waals surface area (Å²) in [4.78, 5) is 14.0. The van der Waals surface area contributed by atoms with Crippen LogP contribution < -0.4 is 15.5 Å². The third-order valence-corrected chi connectivity index (χ3v) is 4.87. The molecule has 6 heteroatoms. The molecule has 126 valence electrons. The molecule has 0 bridgehead atoms. The number of amides is 2. The fraction of sp³-hybridized carbons (Fsp3) is 0.588. The minimum Gasteiger partial charge on any atom is -0.396 e. The highest BCUT2D eigenvalue weighted by Crippen LogP contribution is 2.44. The van der Waals surface area contributed by atoms with E-state index in [1.165, 1.54) is 6.07 Å². The van der Waals surface area contributed by atoms with E-state index in [0.29, 0.717) is 18.8 Å². The standard InChI is InChI=1S/C17H24FN3O2/c18-14-5-1-2-6-15(14)21-9-3-4-13(10-21)20-16(23)19-11-17(12-22)7-8-17/h1-2,5-6,13,22H,3-4,7-12H2,(H2,19,20,23). The van der Waals surface area contributed by atoms with Gasteiger partial charge in [-0.1, -0.05) is 12.1 Å². The van der Waals surface area contributed by atoms with Crippen LogP contribution in [0, 0.1) is 11.2 Å². The molecule has 1 saturated carbocycles. The molecule has 1 aromatic rings. The second-order valence-electron chi connectivity index (χ2n) is 6.72. The lowest BCUT2D eigenvalue weighted by Crippen LogP contribution is -2.51. The van der Waals surface area contributed by atoms with E-state index in [9.17, 15) is 14.3 Å². The van der Waals surface area contributed by atoms with Gasteiger partial charge in [0.2, 0.25) is 0 Å². The van der Waals surface area contributed by atoms with Crippen LogP contribution >= 0.6 is 0 Å². The molecule has 1 aliphatic heterocycles. The van der Waals surface area contributed by atoms with E-state index in [2.05, 4.69) is 10.6 Å². The number of urea groups is 1. The monoisotopic (exact) mass is 321 g/mol. The van der Waals surface area contributed by atoms with E-state index < -0.39 is 0 Å². The molecule has 1 aromatic carbocycles. The summed E-state index contributed by atoms with van der Waals surface area (Å²) in [5.41, 5.74) is 0.500. The molecule has 0 aromatic heterocycles. The first-order chi connectivity index (χ1) is 11.1. The topological polar surface area (TPSA) is 64.6 Å². The predicted molar refractivity (Wildman–Crippen MR) is 86.9 cm³/mol. The van der Waals surface area contributed by atoms with Gasteiger partial charge in [-0.15, -0.1) is 0 Å². The Kier molecular flexibility index (Phi) is 4.71. The number of nitrogens with one attached hydrogen (secondary N) is 2. The van der Waals surface area contributed by atoms with Crippen molar-refractivity contribution in [2.24, 2.45) is 5.41 Å². The zero-order valence-corrected chi connectivity index (χ0v) is 13.2. The number of benzene rings is 1. The number of anilines is 1. The van der Waals surface area contributed by atoms with Gasteiger partial charge in [-0.3, -0.25) is 0 Å². The van der Waals surface area contributed by atoms with Crippen LogP contribution in [-0.2, 0) is 0 Å². The Morgan fingerprint density at radius 3 is 2.87 bits per heavy atom. The second kappa shape index (κ2) is 6.74. The molecule has 2 fully saturated rings. The van der Waals surface area contributed by atoms with Crippen molar-refractivity contribution in [3.63, 3.8) is 0 Å². The molecule has 23 heavy (non-hydrogen) atoms. The summed E-state index contributed by atoms with van der Waals surface area (Å²) < 4.78 is 13.9. The molecule has 3 rings (SSSR count). The van der Waals surface area contributed by atoms with Gasteiger partial charge in [0.25, 0.3) is 0 Å². The fourth-order valence-corrected chi connectivity index (χ4v) is 3.09. The molecule has 1 atom stereocenters. The van der Waals surface area contributed by atoms with Gasteiger partial charge in [0, 0.05) is 31.1 Å². The number of para-hydroxylation sites is 1. The Labute approximate surface area is 135 Å². The van der Waals surface area contributed by atoms with Crippen molar-refractivity contribution in [1.29, 1.82) is 0 Å². The summed E-state index contributed by atoms with van der Waals surface area (Å²) in [5.74, 6) is -0.226. The number of piperidine rings is 1. The Balaban J connectivity index is 1.50. The minimum absolute atomic E-state index is 0.00707. The largest absolute Gasteiger partial charge is 0.396 e. The molecular formula is C17H24FN3O2. The van der Waals surface area contributed by atoms with Crippen molar-refractivity contribution in [3.05, 3.63) is 30.1 Å². The predicted octanol–water partition coefficient (Wildman–Crippen LogP) is 1.87. The zero-order valence-electron chi connectivity index (χ0n) is 13.2.